The van der Waals surface area contributed by atoms with Crippen LogP contribution in [-0.4, -0.2) is 66.7 Å². The van der Waals surface area contributed by atoms with Crippen LogP contribution in [0.15, 0.2) is 30.3 Å². The highest BCUT2D eigenvalue weighted by Gasteiger charge is 2.23. The van der Waals surface area contributed by atoms with E-state index in [4.69, 9.17) is 9.72 Å². The van der Waals surface area contributed by atoms with Gasteiger partial charge in [0.1, 0.15) is 11.6 Å². The molecular formula is C23H31N5O2. The van der Waals surface area contributed by atoms with Crippen LogP contribution in [0.1, 0.15) is 30.5 Å². The first kappa shape index (κ1) is 20.4. The summed E-state index contributed by atoms with van der Waals surface area (Å²) in [4.78, 5) is 28.5. The number of hydrogen-bond donors (Lipinski definition) is 0. The molecule has 1 aromatic carbocycles. The van der Waals surface area contributed by atoms with Crippen molar-refractivity contribution in [3.05, 3.63) is 41.6 Å². The van der Waals surface area contributed by atoms with Crippen molar-refractivity contribution in [3.63, 3.8) is 0 Å². The summed E-state index contributed by atoms with van der Waals surface area (Å²) >= 11 is 0. The van der Waals surface area contributed by atoms with Crippen LogP contribution >= 0.6 is 0 Å². The van der Waals surface area contributed by atoms with Gasteiger partial charge in [-0.05, 0) is 50.8 Å². The molecule has 2 aliphatic rings. The van der Waals surface area contributed by atoms with Gasteiger partial charge in [0.2, 0.25) is 5.95 Å². The Balaban J connectivity index is 1.32. The van der Waals surface area contributed by atoms with Gasteiger partial charge in [-0.1, -0.05) is 12.1 Å². The summed E-state index contributed by atoms with van der Waals surface area (Å²) in [6, 6.07) is 9.83. The third-order valence-corrected chi connectivity index (χ3v) is 5.78. The second-order valence-corrected chi connectivity index (χ2v) is 8.19. The van der Waals surface area contributed by atoms with Gasteiger partial charge in [0.25, 0.3) is 5.91 Å². The number of amides is 1. The molecule has 2 aliphatic heterocycles. The Kier molecular flexibility index (Phi) is 6.35. The number of hydrogen-bond acceptors (Lipinski definition) is 6. The zero-order chi connectivity index (χ0) is 20.9. The maximum Gasteiger partial charge on any atom is 0.260 e. The molecule has 0 saturated carbocycles. The molecular weight excluding hydrogens is 378 g/mol. The predicted molar refractivity (Wildman–Crippen MR) is 118 cm³/mol. The van der Waals surface area contributed by atoms with Gasteiger partial charge in [0.05, 0.1) is 0 Å². The highest BCUT2D eigenvalue weighted by molar-refractivity contribution is 5.78. The number of piperazine rings is 1. The molecule has 4 rings (SSSR count). The molecule has 0 unspecified atom stereocenters. The summed E-state index contributed by atoms with van der Waals surface area (Å²) in [6.45, 7) is 9.09. The highest BCUT2D eigenvalue weighted by atomic mass is 16.5. The van der Waals surface area contributed by atoms with Gasteiger partial charge in [0.15, 0.2) is 6.61 Å². The lowest BCUT2D eigenvalue weighted by atomic mass is 10.1. The van der Waals surface area contributed by atoms with Crippen molar-refractivity contribution in [1.29, 1.82) is 0 Å². The topological polar surface area (TPSA) is 61.8 Å². The molecule has 0 atom stereocenters. The Morgan fingerprint density at radius 1 is 0.933 bits per heavy atom. The van der Waals surface area contributed by atoms with Crippen molar-refractivity contribution in [3.8, 4) is 5.75 Å². The number of benzene rings is 1. The molecule has 7 heteroatoms. The van der Waals surface area contributed by atoms with Crippen LogP contribution in [0.25, 0.3) is 0 Å². The van der Waals surface area contributed by atoms with E-state index in [1.54, 1.807) is 0 Å². The minimum Gasteiger partial charge on any atom is -0.484 e. The van der Waals surface area contributed by atoms with Crippen LogP contribution in [0.2, 0.25) is 0 Å². The minimum absolute atomic E-state index is 0.0315. The number of aryl methyl sites for hydroxylation is 2. The van der Waals surface area contributed by atoms with Crippen molar-refractivity contribution in [2.45, 2.75) is 33.1 Å². The Labute approximate surface area is 178 Å². The number of carbonyl (C=O) groups is 1. The largest absolute Gasteiger partial charge is 0.484 e. The number of nitrogens with zero attached hydrogens (tertiary/aromatic N) is 5. The Morgan fingerprint density at radius 3 is 2.43 bits per heavy atom. The SMILES string of the molecule is Cc1cccc(OCC(=O)N2CCN(c3cc(C)nc(N4CCCCC4)n3)CC2)c1. The molecule has 2 fully saturated rings. The number of aromatic nitrogens is 2. The Bertz CT molecular complexity index is 874. The van der Waals surface area contributed by atoms with Crippen LogP contribution in [0.4, 0.5) is 11.8 Å². The van der Waals surface area contributed by atoms with E-state index in [-0.39, 0.29) is 12.5 Å². The lowest BCUT2D eigenvalue weighted by molar-refractivity contribution is -0.133. The minimum atomic E-state index is 0.0315. The van der Waals surface area contributed by atoms with Crippen LogP contribution in [0.5, 0.6) is 5.75 Å². The first-order chi connectivity index (χ1) is 14.6. The average molecular weight is 410 g/mol. The van der Waals surface area contributed by atoms with Crippen LogP contribution in [0, 0.1) is 13.8 Å². The summed E-state index contributed by atoms with van der Waals surface area (Å²) < 4.78 is 5.68. The second-order valence-electron chi connectivity index (χ2n) is 8.19. The Hall–Kier alpha value is -2.83. The highest BCUT2D eigenvalue weighted by Crippen LogP contribution is 2.22. The molecule has 1 aromatic heterocycles. The molecule has 0 aliphatic carbocycles. The van der Waals surface area contributed by atoms with Gasteiger partial charge in [-0.3, -0.25) is 4.79 Å². The van der Waals surface area contributed by atoms with Crippen LogP contribution < -0.4 is 14.5 Å². The van der Waals surface area contributed by atoms with Gasteiger partial charge >= 0.3 is 0 Å². The van der Waals surface area contributed by atoms with Gasteiger partial charge in [0, 0.05) is 51.0 Å². The van der Waals surface area contributed by atoms with Gasteiger partial charge in [-0.2, -0.15) is 4.98 Å². The van der Waals surface area contributed by atoms with Crippen molar-refractivity contribution >= 4 is 17.7 Å². The van der Waals surface area contributed by atoms with Crippen molar-refractivity contribution in [2.75, 3.05) is 55.7 Å². The third kappa shape index (κ3) is 5.01. The number of anilines is 2. The van der Waals surface area contributed by atoms with Crippen molar-refractivity contribution in [1.82, 2.24) is 14.9 Å². The van der Waals surface area contributed by atoms with E-state index in [0.717, 1.165) is 55.0 Å². The molecule has 2 saturated heterocycles. The first-order valence-corrected chi connectivity index (χ1v) is 10.9. The number of piperidine rings is 1. The molecule has 0 spiro atoms. The summed E-state index contributed by atoms with van der Waals surface area (Å²) in [5.41, 5.74) is 2.11. The Morgan fingerprint density at radius 2 is 1.70 bits per heavy atom. The van der Waals surface area contributed by atoms with E-state index in [9.17, 15) is 4.79 Å². The van der Waals surface area contributed by atoms with Crippen LogP contribution in [0.3, 0.4) is 0 Å². The fourth-order valence-electron chi connectivity index (χ4n) is 4.06. The summed E-state index contributed by atoms with van der Waals surface area (Å²) in [5, 5.41) is 0. The maximum atomic E-state index is 12.6. The monoisotopic (exact) mass is 409 g/mol. The van der Waals surface area contributed by atoms with E-state index in [1.807, 2.05) is 49.1 Å². The van der Waals surface area contributed by atoms with E-state index in [0.29, 0.717) is 13.1 Å². The lowest BCUT2D eigenvalue weighted by Gasteiger charge is -2.36. The van der Waals surface area contributed by atoms with E-state index in [2.05, 4.69) is 14.8 Å². The normalized spacial score (nSPS) is 17.2. The summed E-state index contributed by atoms with van der Waals surface area (Å²) in [7, 11) is 0. The van der Waals surface area contributed by atoms with Gasteiger partial charge < -0.3 is 19.4 Å². The van der Waals surface area contributed by atoms with Gasteiger partial charge in [-0.25, -0.2) is 4.98 Å². The van der Waals surface area contributed by atoms with Gasteiger partial charge in [-0.15, -0.1) is 0 Å². The fraction of sp³-hybridized carbons (Fsp3) is 0.522. The standard InChI is InChI=1S/C23H31N5O2/c1-18-7-6-8-20(15-18)30-17-22(29)27-13-11-26(12-14-27)21-16-19(2)24-23(25-21)28-9-4-3-5-10-28/h6-8,15-16H,3-5,9-14,17H2,1-2H3. The third-order valence-electron chi connectivity index (χ3n) is 5.78. The average Bonchev–Trinajstić information content (AvgIpc) is 2.78. The maximum absolute atomic E-state index is 12.6. The lowest BCUT2D eigenvalue weighted by Crippen LogP contribution is -2.50. The number of rotatable bonds is 5. The molecule has 7 nitrogen and oxygen atoms in total. The molecule has 3 heterocycles. The molecule has 0 bridgehead atoms. The van der Waals surface area contributed by atoms with E-state index >= 15 is 0 Å². The molecule has 0 radical (unpaired) electrons. The van der Waals surface area contributed by atoms with Crippen molar-refractivity contribution < 1.29 is 9.53 Å². The molecule has 1 amide bonds. The molecule has 30 heavy (non-hydrogen) atoms. The fourth-order valence-corrected chi connectivity index (χ4v) is 4.06. The molecule has 2 aromatic rings. The second kappa shape index (κ2) is 9.32. The van der Waals surface area contributed by atoms with E-state index < -0.39 is 0 Å². The van der Waals surface area contributed by atoms with E-state index in [1.165, 1.54) is 19.3 Å². The quantitative estimate of drug-likeness (QED) is 0.757. The van der Waals surface area contributed by atoms with Crippen LogP contribution in [-0.2, 0) is 4.79 Å². The summed E-state index contributed by atoms with van der Waals surface area (Å²) in [6.07, 6.45) is 3.70. The predicted octanol–water partition coefficient (Wildman–Crippen LogP) is 2.81. The smallest absolute Gasteiger partial charge is 0.260 e. The summed E-state index contributed by atoms with van der Waals surface area (Å²) in [5.74, 6) is 2.58. The zero-order valence-electron chi connectivity index (χ0n) is 18.0. The first-order valence-electron chi connectivity index (χ1n) is 10.9. The number of ether oxygens (including phenoxy) is 1. The number of carbonyl (C=O) groups excluding carboxylic acids is 1. The zero-order valence-corrected chi connectivity index (χ0v) is 18.0. The molecule has 160 valence electrons. The molecule has 0 N–H and O–H groups in total. The van der Waals surface area contributed by atoms with Crippen molar-refractivity contribution in [2.24, 2.45) is 0 Å².